The van der Waals surface area contributed by atoms with Crippen molar-refractivity contribution in [3.8, 4) is 0 Å². The second-order valence-corrected chi connectivity index (χ2v) is 8.67. The van der Waals surface area contributed by atoms with Crippen LogP contribution in [0.25, 0.3) is 0 Å². The maximum atomic E-state index is 13.6. The topological polar surface area (TPSA) is 35.6 Å². The van der Waals surface area contributed by atoms with Crippen molar-refractivity contribution in [2.24, 2.45) is 0 Å². The Labute approximate surface area is 159 Å². The van der Waals surface area contributed by atoms with E-state index in [0.29, 0.717) is 12.1 Å². The summed E-state index contributed by atoms with van der Waals surface area (Å²) in [6.07, 6.45) is 0. The first kappa shape index (κ1) is 18.5. The van der Waals surface area contributed by atoms with Crippen molar-refractivity contribution in [1.82, 2.24) is 15.1 Å². The van der Waals surface area contributed by atoms with Gasteiger partial charge in [-0.15, -0.1) is 11.3 Å². The van der Waals surface area contributed by atoms with E-state index in [1.54, 1.807) is 29.5 Å². The minimum absolute atomic E-state index is 0.0566. The second-order valence-electron chi connectivity index (χ2n) is 6.13. The van der Waals surface area contributed by atoms with E-state index in [4.69, 9.17) is 0 Å². The number of nitrogens with zero attached hydrogens (tertiary/aromatic N) is 2. The van der Waals surface area contributed by atoms with Crippen LogP contribution in [0.2, 0.25) is 0 Å². The lowest BCUT2D eigenvalue weighted by atomic mass is 10.2. The molecule has 1 N–H and O–H groups in total. The van der Waals surface area contributed by atoms with Gasteiger partial charge in [0, 0.05) is 49.7 Å². The summed E-state index contributed by atoms with van der Waals surface area (Å²) in [5.41, 5.74) is 0.516. The van der Waals surface area contributed by atoms with Gasteiger partial charge in [0.05, 0.1) is 10.3 Å². The number of hydrogen-bond donors (Lipinski definition) is 1. The van der Waals surface area contributed by atoms with E-state index in [0.717, 1.165) is 36.5 Å². The van der Waals surface area contributed by atoms with Gasteiger partial charge in [-0.25, -0.2) is 4.39 Å². The van der Waals surface area contributed by atoms with Crippen LogP contribution in [0, 0.1) is 5.82 Å². The summed E-state index contributed by atoms with van der Waals surface area (Å²) >= 11 is 5.26. The van der Waals surface area contributed by atoms with Crippen LogP contribution in [-0.4, -0.2) is 48.4 Å². The van der Waals surface area contributed by atoms with Crippen molar-refractivity contribution in [2.45, 2.75) is 13.1 Å². The Kier molecular flexibility index (Phi) is 6.58. The second kappa shape index (κ2) is 8.89. The molecule has 0 unspecified atom stereocenters. The van der Waals surface area contributed by atoms with Gasteiger partial charge >= 0.3 is 0 Å². The molecule has 3 rings (SSSR count). The molecule has 0 saturated carbocycles. The highest BCUT2D eigenvalue weighted by Crippen LogP contribution is 2.23. The van der Waals surface area contributed by atoms with Gasteiger partial charge in [-0.1, -0.05) is 18.2 Å². The predicted octanol–water partition coefficient (Wildman–Crippen LogP) is 3.08. The number of thiophene rings is 1. The Balaban J connectivity index is 1.38. The summed E-state index contributed by atoms with van der Waals surface area (Å²) < 4.78 is 14.7. The standard InChI is InChI=1S/C18H21BrFN3OS/c19-17-6-5-15(25-17)12-22-7-9-23(10-8-22)13-18(24)21-11-14-3-1-2-4-16(14)20/h1-6H,7-13H2,(H,21,24). The van der Waals surface area contributed by atoms with E-state index in [1.807, 2.05) is 0 Å². The molecule has 0 atom stereocenters. The zero-order chi connectivity index (χ0) is 17.6. The highest BCUT2D eigenvalue weighted by molar-refractivity contribution is 9.11. The van der Waals surface area contributed by atoms with Gasteiger partial charge in [-0.2, -0.15) is 0 Å². The molecular weight excluding hydrogens is 405 g/mol. The van der Waals surface area contributed by atoms with Crippen LogP contribution in [-0.2, 0) is 17.9 Å². The predicted molar refractivity (Wildman–Crippen MR) is 102 cm³/mol. The highest BCUT2D eigenvalue weighted by Gasteiger charge is 2.19. The van der Waals surface area contributed by atoms with Crippen LogP contribution in [0.4, 0.5) is 4.39 Å². The number of hydrogen-bond acceptors (Lipinski definition) is 4. The van der Waals surface area contributed by atoms with Crippen molar-refractivity contribution < 1.29 is 9.18 Å². The van der Waals surface area contributed by atoms with Crippen LogP contribution in [0.3, 0.4) is 0 Å². The minimum atomic E-state index is -0.281. The molecule has 1 aliphatic rings. The molecule has 1 saturated heterocycles. The molecule has 1 amide bonds. The zero-order valence-electron chi connectivity index (χ0n) is 13.9. The monoisotopic (exact) mass is 425 g/mol. The third kappa shape index (κ3) is 5.60. The van der Waals surface area contributed by atoms with Gasteiger partial charge in [0.25, 0.3) is 0 Å². The van der Waals surface area contributed by atoms with Crippen molar-refractivity contribution in [3.63, 3.8) is 0 Å². The van der Waals surface area contributed by atoms with Gasteiger partial charge < -0.3 is 5.32 Å². The largest absolute Gasteiger partial charge is 0.351 e. The molecule has 25 heavy (non-hydrogen) atoms. The average Bonchev–Trinajstić information content (AvgIpc) is 3.01. The summed E-state index contributed by atoms with van der Waals surface area (Å²) in [6, 6.07) is 10.8. The molecule has 0 radical (unpaired) electrons. The SMILES string of the molecule is O=C(CN1CCN(Cc2ccc(Br)s2)CC1)NCc1ccccc1F. The van der Waals surface area contributed by atoms with Crippen LogP contribution in [0.15, 0.2) is 40.2 Å². The zero-order valence-corrected chi connectivity index (χ0v) is 16.3. The Hall–Kier alpha value is -1.28. The maximum Gasteiger partial charge on any atom is 0.234 e. The number of carbonyl (C=O) groups is 1. The van der Waals surface area contributed by atoms with Crippen molar-refractivity contribution >= 4 is 33.2 Å². The van der Waals surface area contributed by atoms with Crippen molar-refractivity contribution in [2.75, 3.05) is 32.7 Å². The van der Waals surface area contributed by atoms with Crippen LogP contribution < -0.4 is 5.32 Å². The van der Waals surface area contributed by atoms with Gasteiger partial charge in [0.1, 0.15) is 5.82 Å². The van der Waals surface area contributed by atoms with Crippen LogP contribution >= 0.6 is 27.3 Å². The summed E-state index contributed by atoms with van der Waals surface area (Å²) in [5, 5.41) is 2.80. The first-order valence-electron chi connectivity index (χ1n) is 8.29. The van der Waals surface area contributed by atoms with Crippen LogP contribution in [0.1, 0.15) is 10.4 Å². The van der Waals surface area contributed by atoms with E-state index in [9.17, 15) is 9.18 Å². The lowest BCUT2D eigenvalue weighted by molar-refractivity contribution is -0.122. The molecule has 2 aromatic rings. The van der Waals surface area contributed by atoms with E-state index < -0.39 is 0 Å². The Morgan fingerprint density at radius 1 is 1.12 bits per heavy atom. The summed E-state index contributed by atoms with van der Waals surface area (Å²) in [4.78, 5) is 18.0. The van der Waals surface area contributed by atoms with E-state index in [2.05, 4.69) is 43.2 Å². The minimum Gasteiger partial charge on any atom is -0.351 e. The molecule has 1 fully saturated rings. The molecule has 0 spiro atoms. The molecule has 134 valence electrons. The van der Waals surface area contributed by atoms with E-state index in [1.165, 1.54) is 10.9 Å². The summed E-state index contributed by atoms with van der Waals surface area (Å²) in [6.45, 7) is 5.22. The van der Waals surface area contributed by atoms with Gasteiger partial charge in [-0.3, -0.25) is 14.6 Å². The molecule has 1 aromatic heterocycles. The van der Waals surface area contributed by atoms with Crippen molar-refractivity contribution in [3.05, 3.63) is 56.4 Å². The lowest BCUT2D eigenvalue weighted by Crippen LogP contribution is -2.49. The van der Waals surface area contributed by atoms with E-state index in [-0.39, 0.29) is 18.3 Å². The summed E-state index contributed by atoms with van der Waals surface area (Å²) in [7, 11) is 0. The first-order chi connectivity index (χ1) is 12.1. The number of benzene rings is 1. The number of carbonyl (C=O) groups excluding carboxylic acids is 1. The quantitative estimate of drug-likeness (QED) is 0.772. The molecular formula is C18H21BrFN3OS. The number of halogens is 2. The maximum absolute atomic E-state index is 13.6. The van der Waals surface area contributed by atoms with Crippen molar-refractivity contribution in [1.29, 1.82) is 0 Å². The fraction of sp³-hybridized carbons (Fsp3) is 0.389. The smallest absolute Gasteiger partial charge is 0.234 e. The van der Waals surface area contributed by atoms with Gasteiger partial charge in [0.2, 0.25) is 5.91 Å². The fourth-order valence-electron chi connectivity index (χ4n) is 2.86. The lowest BCUT2D eigenvalue weighted by Gasteiger charge is -2.34. The third-order valence-corrected chi connectivity index (χ3v) is 5.88. The number of amides is 1. The van der Waals surface area contributed by atoms with Gasteiger partial charge in [0.15, 0.2) is 0 Å². The molecule has 2 heterocycles. The Bertz CT molecular complexity index is 716. The molecule has 4 nitrogen and oxygen atoms in total. The molecule has 0 aliphatic carbocycles. The molecule has 0 bridgehead atoms. The first-order valence-corrected chi connectivity index (χ1v) is 9.90. The fourth-order valence-corrected chi connectivity index (χ4v) is 4.38. The van der Waals surface area contributed by atoms with E-state index >= 15 is 0 Å². The summed E-state index contributed by atoms with van der Waals surface area (Å²) in [5.74, 6) is -0.337. The number of rotatable bonds is 6. The molecule has 1 aromatic carbocycles. The molecule has 7 heteroatoms. The highest BCUT2D eigenvalue weighted by atomic mass is 79.9. The normalized spacial score (nSPS) is 16.1. The Morgan fingerprint density at radius 2 is 1.84 bits per heavy atom. The Morgan fingerprint density at radius 3 is 2.52 bits per heavy atom. The van der Waals surface area contributed by atoms with Crippen LogP contribution in [0.5, 0.6) is 0 Å². The molecule has 1 aliphatic heterocycles. The third-order valence-electron chi connectivity index (χ3n) is 4.27. The van der Waals surface area contributed by atoms with Gasteiger partial charge in [-0.05, 0) is 34.1 Å². The number of piperazine rings is 1. The number of nitrogens with one attached hydrogen (secondary N) is 1. The average molecular weight is 426 g/mol.